The van der Waals surface area contributed by atoms with Gasteiger partial charge in [0.2, 0.25) is 5.91 Å². The first-order valence-corrected chi connectivity index (χ1v) is 8.59. The number of nitrogens with zero attached hydrogens (tertiary/aromatic N) is 1. The molecule has 5 nitrogen and oxygen atoms in total. The first-order chi connectivity index (χ1) is 10.8. The minimum absolute atomic E-state index is 0.000164. The molecule has 0 aliphatic rings. The quantitative estimate of drug-likeness (QED) is 0.849. The molecular formula is C17H24N2O3S. The fourth-order valence-electron chi connectivity index (χ4n) is 2.21. The highest BCUT2D eigenvalue weighted by atomic mass is 32.1. The van der Waals surface area contributed by atoms with E-state index in [4.69, 9.17) is 4.42 Å². The van der Waals surface area contributed by atoms with E-state index < -0.39 is 6.10 Å². The lowest BCUT2D eigenvalue weighted by molar-refractivity contribution is -0.121. The number of carbonyl (C=O) groups excluding carboxylic acids is 1. The lowest BCUT2D eigenvalue weighted by Crippen LogP contribution is -2.34. The van der Waals surface area contributed by atoms with Gasteiger partial charge in [-0.25, -0.2) is 4.98 Å². The predicted octanol–water partition coefficient (Wildman–Crippen LogP) is 3.20. The van der Waals surface area contributed by atoms with Crippen LogP contribution in [-0.2, 0) is 16.6 Å². The van der Waals surface area contributed by atoms with Crippen LogP contribution < -0.4 is 5.32 Å². The molecule has 0 saturated heterocycles. The molecule has 2 atom stereocenters. The van der Waals surface area contributed by atoms with Gasteiger partial charge in [0.25, 0.3) is 0 Å². The Kier molecular flexibility index (Phi) is 5.59. The number of aliphatic hydroxyl groups excluding tert-OH is 1. The molecule has 23 heavy (non-hydrogen) atoms. The molecule has 2 heterocycles. The van der Waals surface area contributed by atoms with E-state index in [1.54, 1.807) is 23.5 Å². The summed E-state index contributed by atoms with van der Waals surface area (Å²) in [6.45, 7) is 8.18. The normalized spacial score (nSPS) is 14.5. The SMILES string of the molecule is CC(CC(O)c1ccco1)NC(=O)Cc1csc(C(C)(C)C)n1. The Balaban J connectivity index is 1.83. The van der Waals surface area contributed by atoms with Crippen molar-refractivity contribution < 1.29 is 14.3 Å². The minimum Gasteiger partial charge on any atom is -0.467 e. The molecule has 0 aliphatic heterocycles. The molecule has 0 bridgehead atoms. The fourth-order valence-corrected chi connectivity index (χ4v) is 3.12. The smallest absolute Gasteiger partial charge is 0.226 e. The highest BCUT2D eigenvalue weighted by Gasteiger charge is 2.20. The van der Waals surface area contributed by atoms with Crippen LogP contribution in [0.2, 0.25) is 0 Å². The molecule has 0 spiro atoms. The van der Waals surface area contributed by atoms with Crippen LogP contribution in [0.15, 0.2) is 28.2 Å². The van der Waals surface area contributed by atoms with Gasteiger partial charge in [-0.1, -0.05) is 20.8 Å². The second kappa shape index (κ2) is 7.27. The molecule has 0 aliphatic carbocycles. The maximum absolute atomic E-state index is 12.1. The predicted molar refractivity (Wildman–Crippen MR) is 90.4 cm³/mol. The number of furan rings is 1. The molecule has 126 valence electrons. The summed E-state index contributed by atoms with van der Waals surface area (Å²) in [5, 5.41) is 15.9. The molecule has 0 aromatic carbocycles. The molecule has 2 N–H and O–H groups in total. The number of hydrogen-bond acceptors (Lipinski definition) is 5. The molecule has 2 aromatic heterocycles. The molecule has 2 rings (SSSR count). The van der Waals surface area contributed by atoms with Gasteiger partial charge in [0.1, 0.15) is 11.9 Å². The van der Waals surface area contributed by atoms with Crippen LogP contribution in [0.5, 0.6) is 0 Å². The van der Waals surface area contributed by atoms with E-state index in [0.29, 0.717) is 12.2 Å². The van der Waals surface area contributed by atoms with E-state index in [9.17, 15) is 9.90 Å². The summed E-state index contributed by atoms with van der Waals surface area (Å²) in [4.78, 5) is 16.6. The number of nitrogens with one attached hydrogen (secondary N) is 1. The van der Waals surface area contributed by atoms with Crippen molar-refractivity contribution in [1.82, 2.24) is 10.3 Å². The average Bonchev–Trinajstić information content (AvgIpc) is 3.07. The average molecular weight is 336 g/mol. The third-order valence-corrected chi connectivity index (χ3v) is 4.71. The zero-order valence-corrected chi connectivity index (χ0v) is 14.8. The summed E-state index contributed by atoms with van der Waals surface area (Å²) >= 11 is 1.58. The lowest BCUT2D eigenvalue weighted by atomic mass is 9.98. The van der Waals surface area contributed by atoms with Gasteiger partial charge in [-0.3, -0.25) is 4.79 Å². The maximum atomic E-state index is 12.1. The first kappa shape index (κ1) is 17.7. The molecule has 2 aromatic rings. The number of thiazole rings is 1. The van der Waals surface area contributed by atoms with Gasteiger partial charge >= 0.3 is 0 Å². The maximum Gasteiger partial charge on any atom is 0.226 e. The highest BCUT2D eigenvalue weighted by Crippen LogP contribution is 2.25. The van der Waals surface area contributed by atoms with Crippen LogP contribution in [0.4, 0.5) is 0 Å². The third-order valence-electron chi connectivity index (χ3n) is 3.39. The van der Waals surface area contributed by atoms with Gasteiger partial charge in [0.05, 0.1) is 23.4 Å². The van der Waals surface area contributed by atoms with Crippen molar-refractivity contribution >= 4 is 17.2 Å². The van der Waals surface area contributed by atoms with E-state index in [2.05, 4.69) is 31.1 Å². The van der Waals surface area contributed by atoms with Crippen LogP contribution in [-0.4, -0.2) is 22.0 Å². The molecular weight excluding hydrogens is 312 g/mol. The van der Waals surface area contributed by atoms with Gasteiger partial charge in [0.15, 0.2) is 0 Å². The Morgan fingerprint density at radius 2 is 2.22 bits per heavy atom. The minimum atomic E-state index is -0.716. The highest BCUT2D eigenvalue weighted by molar-refractivity contribution is 7.09. The van der Waals surface area contributed by atoms with E-state index in [1.165, 1.54) is 6.26 Å². The second-order valence-corrected chi connectivity index (χ2v) is 7.66. The number of aromatic nitrogens is 1. The third kappa shape index (κ3) is 5.18. The Morgan fingerprint density at radius 3 is 2.78 bits per heavy atom. The molecule has 0 radical (unpaired) electrons. The van der Waals surface area contributed by atoms with Gasteiger partial charge in [-0.2, -0.15) is 0 Å². The topological polar surface area (TPSA) is 75.4 Å². The zero-order chi connectivity index (χ0) is 17.0. The Bertz CT molecular complexity index is 629. The van der Waals surface area contributed by atoms with E-state index in [0.717, 1.165) is 10.7 Å². The standard InChI is InChI=1S/C17H24N2O3S/c1-11(8-13(20)14-6-5-7-22-14)18-15(21)9-12-10-23-16(19-12)17(2,3)4/h5-7,10-11,13,20H,8-9H2,1-4H3,(H,18,21). The van der Waals surface area contributed by atoms with Crippen LogP contribution >= 0.6 is 11.3 Å². The Hall–Kier alpha value is -1.66. The number of aliphatic hydroxyl groups is 1. The van der Waals surface area contributed by atoms with Gasteiger partial charge < -0.3 is 14.8 Å². The van der Waals surface area contributed by atoms with Crippen molar-refractivity contribution in [2.45, 2.75) is 58.1 Å². The molecule has 2 unspecified atom stereocenters. The first-order valence-electron chi connectivity index (χ1n) is 7.71. The summed E-state index contributed by atoms with van der Waals surface area (Å²) in [5.74, 6) is 0.426. The number of rotatable bonds is 6. The van der Waals surface area contributed by atoms with Crippen molar-refractivity contribution in [3.05, 3.63) is 40.2 Å². The van der Waals surface area contributed by atoms with Crippen LogP contribution in [0.1, 0.15) is 56.7 Å². The molecule has 0 saturated carbocycles. The zero-order valence-electron chi connectivity index (χ0n) is 14.0. The van der Waals surface area contributed by atoms with Crippen molar-refractivity contribution in [1.29, 1.82) is 0 Å². The van der Waals surface area contributed by atoms with Crippen LogP contribution in [0.3, 0.4) is 0 Å². The molecule has 6 heteroatoms. The summed E-state index contributed by atoms with van der Waals surface area (Å²) in [6, 6.07) is 3.31. The van der Waals surface area contributed by atoms with Crippen LogP contribution in [0.25, 0.3) is 0 Å². The van der Waals surface area contributed by atoms with Gasteiger partial charge in [-0.05, 0) is 19.1 Å². The number of carbonyl (C=O) groups is 1. The van der Waals surface area contributed by atoms with Crippen molar-refractivity contribution in [3.63, 3.8) is 0 Å². The molecule has 1 amide bonds. The van der Waals surface area contributed by atoms with E-state index in [1.807, 2.05) is 12.3 Å². The monoisotopic (exact) mass is 336 g/mol. The van der Waals surface area contributed by atoms with Crippen molar-refractivity contribution in [2.75, 3.05) is 0 Å². The van der Waals surface area contributed by atoms with Crippen LogP contribution in [0, 0.1) is 0 Å². The largest absolute Gasteiger partial charge is 0.467 e. The van der Waals surface area contributed by atoms with Crippen molar-refractivity contribution in [3.8, 4) is 0 Å². The number of amides is 1. The summed E-state index contributed by atoms with van der Waals surface area (Å²) < 4.78 is 5.16. The lowest BCUT2D eigenvalue weighted by Gasteiger charge is -2.16. The Morgan fingerprint density at radius 1 is 1.48 bits per heavy atom. The second-order valence-electron chi connectivity index (χ2n) is 6.81. The summed E-state index contributed by atoms with van der Waals surface area (Å²) in [7, 11) is 0. The van der Waals surface area contributed by atoms with E-state index >= 15 is 0 Å². The summed E-state index contributed by atoms with van der Waals surface area (Å²) in [6.07, 6.45) is 1.47. The van der Waals surface area contributed by atoms with Gasteiger partial charge in [-0.15, -0.1) is 11.3 Å². The van der Waals surface area contributed by atoms with Gasteiger partial charge in [0, 0.05) is 23.3 Å². The molecule has 0 fully saturated rings. The summed E-state index contributed by atoms with van der Waals surface area (Å²) in [5.41, 5.74) is 0.788. The number of hydrogen-bond donors (Lipinski definition) is 2. The van der Waals surface area contributed by atoms with E-state index in [-0.39, 0.29) is 23.8 Å². The van der Waals surface area contributed by atoms with Crippen molar-refractivity contribution in [2.24, 2.45) is 0 Å². The fraction of sp³-hybridized carbons (Fsp3) is 0.529. The Labute approximate surface area is 140 Å².